The number of nitrogens with one attached hydrogen (secondary N) is 1. The highest BCUT2D eigenvalue weighted by Gasteiger charge is 2.25. The van der Waals surface area contributed by atoms with Gasteiger partial charge in [0.1, 0.15) is 0 Å². The highest BCUT2D eigenvalue weighted by atomic mass is 16.5. The Morgan fingerprint density at radius 2 is 1.96 bits per heavy atom. The number of rotatable bonds is 3. The van der Waals surface area contributed by atoms with Crippen molar-refractivity contribution in [1.82, 2.24) is 9.88 Å². The van der Waals surface area contributed by atoms with Gasteiger partial charge in [0.2, 0.25) is 0 Å². The number of aromatic amines is 1. The van der Waals surface area contributed by atoms with E-state index < -0.39 is 12.1 Å². The molecule has 2 aromatic rings. The van der Waals surface area contributed by atoms with E-state index in [1.807, 2.05) is 26.0 Å². The van der Waals surface area contributed by atoms with Gasteiger partial charge in [0.15, 0.2) is 6.10 Å². The molecule has 1 aromatic heterocycles. The van der Waals surface area contributed by atoms with Crippen molar-refractivity contribution in [1.29, 1.82) is 0 Å². The van der Waals surface area contributed by atoms with Crippen molar-refractivity contribution in [2.24, 2.45) is 0 Å². The third-order valence-corrected chi connectivity index (χ3v) is 4.50. The minimum absolute atomic E-state index is 0.179. The molecule has 1 N–H and O–H groups in total. The molecule has 0 aliphatic carbocycles. The molecule has 0 spiro atoms. The quantitative estimate of drug-likeness (QED) is 0.876. The highest BCUT2D eigenvalue weighted by molar-refractivity contribution is 5.97. The number of amides is 1. The van der Waals surface area contributed by atoms with E-state index in [-0.39, 0.29) is 5.91 Å². The summed E-state index contributed by atoms with van der Waals surface area (Å²) in [6.45, 7) is 7.73. The molecule has 3 rings (SSSR count). The third-order valence-electron chi connectivity index (χ3n) is 4.50. The lowest BCUT2D eigenvalue weighted by Crippen LogP contribution is -2.46. The number of morpholine rings is 1. The Balaban J connectivity index is 1.72. The molecule has 6 nitrogen and oxygen atoms in total. The second-order valence-electron chi connectivity index (χ2n) is 6.12. The topological polar surface area (TPSA) is 71.6 Å². The fraction of sp³-hybridized carbons (Fsp3) is 0.444. The summed E-state index contributed by atoms with van der Waals surface area (Å²) >= 11 is 0. The molecule has 1 aromatic carbocycles. The van der Waals surface area contributed by atoms with Gasteiger partial charge in [-0.05, 0) is 44.5 Å². The fourth-order valence-corrected chi connectivity index (χ4v) is 2.91. The average molecular weight is 330 g/mol. The van der Waals surface area contributed by atoms with Crippen LogP contribution in [0.5, 0.6) is 0 Å². The summed E-state index contributed by atoms with van der Waals surface area (Å²) in [6.07, 6.45) is -0.805. The van der Waals surface area contributed by atoms with E-state index in [1.54, 1.807) is 17.9 Å². The lowest BCUT2D eigenvalue weighted by molar-refractivity contribution is -0.143. The van der Waals surface area contributed by atoms with Crippen molar-refractivity contribution in [2.45, 2.75) is 26.9 Å². The predicted octanol–water partition coefficient (Wildman–Crippen LogP) is 2.19. The van der Waals surface area contributed by atoms with Gasteiger partial charge < -0.3 is 19.4 Å². The van der Waals surface area contributed by atoms with Gasteiger partial charge >= 0.3 is 5.97 Å². The number of ether oxygens (including phenoxy) is 2. The van der Waals surface area contributed by atoms with E-state index in [9.17, 15) is 9.59 Å². The van der Waals surface area contributed by atoms with Crippen molar-refractivity contribution < 1.29 is 19.1 Å². The maximum Gasteiger partial charge on any atom is 0.338 e. The number of H-pyrrole nitrogens is 1. The summed E-state index contributed by atoms with van der Waals surface area (Å²) in [6, 6.07) is 5.38. The van der Waals surface area contributed by atoms with Crippen LogP contribution < -0.4 is 0 Å². The normalized spacial score (nSPS) is 16.2. The zero-order chi connectivity index (χ0) is 17.3. The van der Waals surface area contributed by atoms with Crippen LogP contribution in [0.15, 0.2) is 18.2 Å². The number of hydrogen-bond acceptors (Lipinski definition) is 4. The summed E-state index contributed by atoms with van der Waals surface area (Å²) in [4.78, 5) is 29.6. The molecular weight excluding hydrogens is 308 g/mol. The van der Waals surface area contributed by atoms with Gasteiger partial charge in [-0.1, -0.05) is 0 Å². The van der Waals surface area contributed by atoms with Crippen LogP contribution >= 0.6 is 0 Å². The number of aryl methyl sites for hydroxylation is 2. The first kappa shape index (κ1) is 16.5. The van der Waals surface area contributed by atoms with E-state index in [1.165, 1.54) is 0 Å². The summed E-state index contributed by atoms with van der Waals surface area (Å²) < 4.78 is 10.6. The van der Waals surface area contributed by atoms with Crippen molar-refractivity contribution in [3.05, 3.63) is 35.0 Å². The van der Waals surface area contributed by atoms with Crippen LogP contribution in [0.2, 0.25) is 0 Å². The monoisotopic (exact) mass is 330 g/mol. The minimum atomic E-state index is -0.805. The highest BCUT2D eigenvalue weighted by Crippen LogP contribution is 2.23. The third kappa shape index (κ3) is 3.14. The zero-order valence-corrected chi connectivity index (χ0v) is 14.2. The number of benzene rings is 1. The summed E-state index contributed by atoms with van der Waals surface area (Å²) in [7, 11) is 0. The Kier molecular flexibility index (Phi) is 4.57. The molecule has 1 aliphatic rings. The van der Waals surface area contributed by atoms with Crippen molar-refractivity contribution in [3.8, 4) is 0 Å². The molecule has 0 bridgehead atoms. The second kappa shape index (κ2) is 6.65. The van der Waals surface area contributed by atoms with Crippen molar-refractivity contribution in [2.75, 3.05) is 26.3 Å². The van der Waals surface area contributed by atoms with Gasteiger partial charge in [0, 0.05) is 29.7 Å². The number of aromatic nitrogens is 1. The first-order valence-corrected chi connectivity index (χ1v) is 8.14. The molecule has 1 fully saturated rings. The molecule has 0 unspecified atom stereocenters. The van der Waals surface area contributed by atoms with Crippen LogP contribution in [0.25, 0.3) is 10.9 Å². The van der Waals surface area contributed by atoms with Gasteiger partial charge in [0.05, 0.1) is 18.8 Å². The molecule has 1 amide bonds. The van der Waals surface area contributed by atoms with Gasteiger partial charge in [-0.3, -0.25) is 4.79 Å². The first-order chi connectivity index (χ1) is 11.5. The first-order valence-electron chi connectivity index (χ1n) is 8.14. The van der Waals surface area contributed by atoms with Crippen LogP contribution in [0.1, 0.15) is 28.5 Å². The van der Waals surface area contributed by atoms with E-state index >= 15 is 0 Å². The lowest BCUT2D eigenvalue weighted by atomic mass is 10.1. The standard InChI is InChI=1S/C18H22N2O4/c1-11-12(2)19-16-5-4-14(10-15(11)16)18(22)24-13(3)17(21)20-6-8-23-9-7-20/h4-5,10,13,19H,6-9H2,1-3H3/t13-/m1/s1. The largest absolute Gasteiger partial charge is 0.449 e. The molecule has 2 heterocycles. The molecule has 0 saturated carbocycles. The summed E-state index contributed by atoms with van der Waals surface area (Å²) in [5.74, 6) is -0.661. The second-order valence-corrected chi connectivity index (χ2v) is 6.12. The minimum Gasteiger partial charge on any atom is -0.449 e. The van der Waals surface area contributed by atoms with Crippen molar-refractivity contribution in [3.63, 3.8) is 0 Å². The SMILES string of the molecule is Cc1[nH]c2ccc(C(=O)O[C@H](C)C(=O)N3CCOCC3)cc2c1C. The van der Waals surface area contributed by atoms with Gasteiger partial charge in [-0.15, -0.1) is 0 Å². The average Bonchev–Trinajstić information content (AvgIpc) is 2.88. The number of carbonyl (C=O) groups is 2. The fourth-order valence-electron chi connectivity index (χ4n) is 2.91. The number of hydrogen-bond donors (Lipinski definition) is 1. The Morgan fingerprint density at radius 1 is 1.25 bits per heavy atom. The van der Waals surface area contributed by atoms with Crippen LogP contribution in [-0.4, -0.2) is 54.2 Å². The molecular formula is C18H22N2O4. The molecule has 128 valence electrons. The summed E-state index contributed by atoms with van der Waals surface area (Å²) in [5, 5.41) is 0.995. The molecule has 1 saturated heterocycles. The molecule has 1 atom stereocenters. The van der Waals surface area contributed by atoms with Gasteiger partial charge in [-0.25, -0.2) is 4.79 Å². The van der Waals surface area contributed by atoms with E-state index in [4.69, 9.17) is 9.47 Å². The molecule has 0 radical (unpaired) electrons. The smallest absolute Gasteiger partial charge is 0.338 e. The van der Waals surface area contributed by atoms with E-state index in [0.29, 0.717) is 31.9 Å². The van der Waals surface area contributed by atoms with E-state index in [0.717, 1.165) is 22.2 Å². The van der Waals surface area contributed by atoms with Crippen LogP contribution in [-0.2, 0) is 14.3 Å². The maximum absolute atomic E-state index is 12.4. The lowest BCUT2D eigenvalue weighted by Gasteiger charge is -2.28. The summed E-state index contributed by atoms with van der Waals surface area (Å²) in [5.41, 5.74) is 3.62. The number of carbonyl (C=O) groups excluding carboxylic acids is 2. The Labute approximate surface area is 140 Å². The van der Waals surface area contributed by atoms with Gasteiger partial charge in [0.25, 0.3) is 5.91 Å². The Bertz CT molecular complexity index is 775. The Hall–Kier alpha value is -2.34. The van der Waals surface area contributed by atoms with Crippen LogP contribution in [0.3, 0.4) is 0 Å². The number of nitrogens with zero attached hydrogens (tertiary/aromatic N) is 1. The number of esters is 1. The molecule has 6 heteroatoms. The molecule has 24 heavy (non-hydrogen) atoms. The molecule has 1 aliphatic heterocycles. The number of fused-ring (bicyclic) bond motifs is 1. The predicted molar refractivity (Wildman–Crippen MR) is 90.0 cm³/mol. The van der Waals surface area contributed by atoms with E-state index in [2.05, 4.69) is 4.98 Å². The van der Waals surface area contributed by atoms with Crippen molar-refractivity contribution >= 4 is 22.8 Å². The Morgan fingerprint density at radius 3 is 2.67 bits per heavy atom. The van der Waals surface area contributed by atoms with Gasteiger partial charge in [-0.2, -0.15) is 0 Å². The van der Waals surface area contributed by atoms with Crippen LogP contribution in [0, 0.1) is 13.8 Å². The maximum atomic E-state index is 12.4. The van der Waals surface area contributed by atoms with Crippen LogP contribution in [0.4, 0.5) is 0 Å². The zero-order valence-electron chi connectivity index (χ0n) is 14.2.